The number of rotatable bonds is 4. The van der Waals surface area contributed by atoms with Crippen LogP contribution in [0.3, 0.4) is 0 Å². The van der Waals surface area contributed by atoms with Gasteiger partial charge < -0.3 is 10.0 Å². The SMILES string of the molecule is CN1CCN(CCN2CCCCC2(C)C(=O)O)CC1. The summed E-state index contributed by atoms with van der Waals surface area (Å²) in [5, 5.41) is 9.48. The number of nitrogens with zero attached hydrogens (tertiary/aromatic N) is 3. The van der Waals surface area contributed by atoms with Gasteiger partial charge in [0, 0.05) is 39.3 Å². The zero-order valence-electron chi connectivity index (χ0n) is 12.3. The maximum absolute atomic E-state index is 11.5. The highest BCUT2D eigenvalue weighted by molar-refractivity contribution is 5.78. The Bertz CT molecular complexity index is 316. The first kappa shape index (κ1) is 14.8. The van der Waals surface area contributed by atoms with Crippen molar-refractivity contribution >= 4 is 5.97 Å². The second-order valence-electron chi connectivity index (χ2n) is 6.17. The summed E-state index contributed by atoms with van der Waals surface area (Å²) in [5.74, 6) is -0.662. The fraction of sp³-hybridized carbons (Fsp3) is 0.929. The summed E-state index contributed by atoms with van der Waals surface area (Å²) in [6.07, 6.45) is 2.95. The van der Waals surface area contributed by atoms with Gasteiger partial charge in [-0.2, -0.15) is 0 Å². The second-order valence-corrected chi connectivity index (χ2v) is 6.17. The van der Waals surface area contributed by atoms with Crippen molar-refractivity contribution in [3.8, 4) is 0 Å². The van der Waals surface area contributed by atoms with E-state index in [1.165, 1.54) is 0 Å². The van der Waals surface area contributed by atoms with Gasteiger partial charge in [0.05, 0.1) is 0 Å². The third-order valence-corrected chi connectivity index (χ3v) is 4.78. The van der Waals surface area contributed by atoms with Gasteiger partial charge in [-0.1, -0.05) is 0 Å². The van der Waals surface area contributed by atoms with Crippen LogP contribution in [0.1, 0.15) is 26.2 Å². The average molecular weight is 269 g/mol. The van der Waals surface area contributed by atoms with Gasteiger partial charge in [-0.05, 0) is 39.8 Å². The van der Waals surface area contributed by atoms with Crippen molar-refractivity contribution in [2.45, 2.75) is 31.7 Å². The van der Waals surface area contributed by atoms with Gasteiger partial charge in [0.1, 0.15) is 5.54 Å². The summed E-state index contributed by atoms with van der Waals surface area (Å²) < 4.78 is 0. The molecule has 2 saturated heterocycles. The number of piperidine rings is 1. The minimum Gasteiger partial charge on any atom is -0.480 e. The van der Waals surface area contributed by atoms with Gasteiger partial charge in [-0.25, -0.2) is 0 Å². The highest BCUT2D eigenvalue weighted by Crippen LogP contribution is 2.27. The number of carboxylic acids is 1. The molecule has 1 N–H and O–H groups in total. The molecule has 1 atom stereocenters. The van der Waals surface area contributed by atoms with Crippen LogP contribution in [0.2, 0.25) is 0 Å². The van der Waals surface area contributed by atoms with E-state index in [1.54, 1.807) is 0 Å². The first-order valence-electron chi connectivity index (χ1n) is 7.42. The van der Waals surface area contributed by atoms with Crippen LogP contribution >= 0.6 is 0 Å². The van der Waals surface area contributed by atoms with E-state index in [1.807, 2.05) is 6.92 Å². The molecule has 0 spiro atoms. The number of aliphatic carboxylic acids is 1. The van der Waals surface area contributed by atoms with Crippen LogP contribution in [0.15, 0.2) is 0 Å². The number of likely N-dealkylation sites (N-methyl/N-ethyl adjacent to an activating group) is 1. The van der Waals surface area contributed by atoms with Crippen molar-refractivity contribution in [3.63, 3.8) is 0 Å². The summed E-state index contributed by atoms with van der Waals surface area (Å²) in [4.78, 5) is 18.5. The van der Waals surface area contributed by atoms with Gasteiger partial charge in [-0.15, -0.1) is 0 Å². The molecule has 110 valence electrons. The van der Waals surface area contributed by atoms with Crippen LogP contribution in [0.25, 0.3) is 0 Å². The third kappa shape index (κ3) is 3.46. The van der Waals surface area contributed by atoms with E-state index >= 15 is 0 Å². The lowest BCUT2D eigenvalue weighted by Crippen LogP contribution is -2.57. The quantitative estimate of drug-likeness (QED) is 0.808. The van der Waals surface area contributed by atoms with Crippen LogP contribution < -0.4 is 0 Å². The van der Waals surface area contributed by atoms with Gasteiger partial charge >= 0.3 is 5.97 Å². The minimum absolute atomic E-state index is 0.648. The average Bonchev–Trinajstić information content (AvgIpc) is 2.39. The summed E-state index contributed by atoms with van der Waals surface area (Å²) in [6.45, 7) is 9.15. The van der Waals surface area contributed by atoms with Crippen LogP contribution in [0, 0.1) is 0 Å². The Morgan fingerprint density at radius 2 is 1.79 bits per heavy atom. The molecule has 5 heteroatoms. The van der Waals surface area contributed by atoms with Crippen molar-refractivity contribution in [1.29, 1.82) is 0 Å². The molecule has 2 fully saturated rings. The monoisotopic (exact) mass is 269 g/mol. The number of hydrogen-bond donors (Lipinski definition) is 1. The summed E-state index contributed by atoms with van der Waals surface area (Å²) in [6, 6.07) is 0. The van der Waals surface area contributed by atoms with Crippen LogP contribution in [0.5, 0.6) is 0 Å². The Morgan fingerprint density at radius 1 is 1.11 bits per heavy atom. The molecular formula is C14H27N3O2. The van der Waals surface area contributed by atoms with E-state index in [9.17, 15) is 9.90 Å². The van der Waals surface area contributed by atoms with Gasteiger partial charge in [0.15, 0.2) is 0 Å². The highest BCUT2D eigenvalue weighted by Gasteiger charge is 2.41. The number of likely N-dealkylation sites (tertiary alicyclic amines) is 1. The second kappa shape index (κ2) is 6.20. The maximum atomic E-state index is 11.5. The Labute approximate surface area is 116 Å². The maximum Gasteiger partial charge on any atom is 0.323 e. The van der Waals surface area contributed by atoms with E-state index in [4.69, 9.17) is 0 Å². The fourth-order valence-electron chi connectivity index (χ4n) is 3.11. The van der Waals surface area contributed by atoms with Crippen LogP contribution in [-0.4, -0.2) is 84.2 Å². The molecule has 5 nitrogen and oxygen atoms in total. The molecule has 2 heterocycles. The third-order valence-electron chi connectivity index (χ3n) is 4.78. The number of carboxylic acid groups (broad SMARTS) is 1. The van der Waals surface area contributed by atoms with E-state index in [-0.39, 0.29) is 0 Å². The molecular weight excluding hydrogens is 242 g/mol. The Balaban J connectivity index is 1.85. The predicted octanol–water partition coefficient (Wildman–Crippen LogP) is 0.563. The van der Waals surface area contributed by atoms with Gasteiger partial charge in [-0.3, -0.25) is 14.6 Å². The number of carbonyl (C=O) groups is 1. The lowest BCUT2D eigenvalue weighted by atomic mass is 9.88. The summed E-state index contributed by atoms with van der Waals surface area (Å²) >= 11 is 0. The largest absolute Gasteiger partial charge is 0.480 e. The molecule has 0 aromatic carbocycles. The molecule has 1 unspecified atom stereocenters. The molecule has 2 aliphatic heterocycles. The topological polar surface area (TPSA) is 47.0 Å². The van der Waals surface area contributed by atoms with E-state index in [0.717, 1.165) is 65.1 Å². The van der Waals surface area contributed by atoms with Crippen molar-refractivity contribution in [2.24, 2.45) is 0 Å². The Hall–Kier alpha value is -0.650. The lowest BCUT2D eigenvalue weighted by Gasteiger charge is -2.43. The molecule has 0 radical (unpaired) electrons. The first-order valence-corrected chi connectivity index (χ1v) is 7.42. The zero-order valence-corrected chi connectivity index (χ0v) is 12.3. The molecule has 0 aromatic rings. The van der Waals surface area contributed by atoms with Crippen molar-refractivity contribution in [1.82, 2.24) is 14.7 Å². The lowest BCUT2D eigenvalue weighted by molar-refractivity contribution is -0.153. The first-order chi connectivity index (χ1) is 9.02. The van der Waals surface area contributed by atoms with Crippen LogP contribution in [0.4, 0.5) is 0 Å². The van der Waals surface area contributed by atoms with E-state index in [2.05, 4.69) is 21.7 Å². The molecule has 0 saturated carbocycles. The smallest absolute Gasteiger partial charge is 0.323 e. The minimum atomic E-state index is -0.662. The Kier molecular flexibility index (Phi) is 4.81. The molecule has 2 aliphatic rings. The molecule has 19 heavy (non-hydrogen) atoms. The van der Waals surface area contributed by atoms with Crippen molar-refractivity contribution in [2.75, 3.05) is 52.9 Å². The van der Waals surface area contributed by atoms with Crippen LogP contribution in [-0.2, 0) is 4.79 Å². The van der Waals surface area contributed by atoms with Crippen molar-refractivity contribution in [3.05, 3.63) is 0 Å². The molecule has 0 aliphatic carbocycles. The number of hydrogen-bond acceptors (Lipinski definition) is 4. The van der Waals surface area contributed by atoms with Crippen molar-refractivity contribution < 1.29 is 9.90 Å². The van der Waals surface area contributed by atoms with Gasteiger partial charge in [0.25, 0.3) is 0 Å². The predicted molar refractivity (Wildman–Crippen MR) is 75.4 cm³/mol. The summed E-state index contributed by atoms with van der Waals surface area (Å²) in [5.41, 5.74) is -0.648. The molecule has 0 bridgehead atoms. The standard InChI is InChI=1S/C14H27N3O2/c1-14(13(18)19)5-3-4-6-17(14)12-11-16-9-7-15(2)8-10-16/h3-12H2,1-2H3,(H,18,19). The highest BCUT2D eigenvalue weighted by atomic mass is 16.4. The molecule has 2 rings (SSSR count). The van der Waals surface area contributed by atoms with E-state index < -0.39 is 11.5 Å². The number of piperazine rings is 1. The van der Waals surface area contributed by atoms with E-state index in [0.29, 0.717) is 0 Å². The summed E-state index contributed by atoms with van der Waals surface area (Å²) in [7, 11) is 2.16. The zero-order chi connectivity index (χ0) is 13.9. The molecule has 0 amide bonds. The fourth-order valence-corrected chi connectivity index (χ4v) is 3.11. The van der Waals surface area contributed by atoms with Gasteiger partial charge in [0.2, 0.25) is 0 Å². The Morgan fingerprint density at radius 3 is 2.42 bits per heavy atom. The molecule has 0 aromatic heterocycles. The normalized spacial score (nSPS) is 31.5.